The summed E-state index contributed by atoms with van der Waals surface area (Å²) in [7, 11) is -2.22. The van der Waals surface area contributed by atoms with Gasteiger partial charge in [-0.1, -0.05) is 47.5 Å². The van der Waals surface area contributed by atoms with Crippen LogP contribution in [0, 0.1) is 6.92 Å². The third kappa shape index (κ3) is 6.52. The highest BCUT2D eigenvalue weighted by molar-refractivity contribution is 7.89. The van der Waals surface area contributed by atoms with Crippen LogP contribution >= 0.6 is 23.2 Å². The first-order chi connectivity index (χ1) is 17.9. The Morgan fingerprint density at radius 3 is 2.13 bits per heavy atom. The summed E-state index contributed by atoms with van der Waals surface area (Å²) >= 11 is 12.3. The molecule has 1 aliphatic heterocycles. The van der Waals surface area contributed by atoms with Crippen molar-refractivity contribution in [1.82, 2.24) is 19.0 Å². The summed E-state index contributed by atoms with van der Waals surface area (Å²) in [5, 5.41) is 4.76. The monoisotopic (exact) mass is 590 g/mol. The number of piperazine rings is 1. The second-order valence-electron chi connectivity index (χ2n) is 9.08. The number of alkyl halides is 3. The highest BCUT2D eigenvalue weighted by Gasteiger charge is 2.34. The fraction of sp³-hybridized carbons (Fsp3) is 0.400. The molecule has 13 heteroatoms. The van der Waals surface area contributed by atoms with E-state index in [2.05, 4.69) is 10.00 Å². The molecule has 0 amide bonds. The summed E-state index contributed by atoms with van der Waals surface area (Å²) < 4.78 is 74.0. The number of halogens is 5. The summed E-state index contributed by atoms with van der Waals surface area (Å²) in [6.45, 7) is 3.63. The molecular weight excluding hydrogens is 564 g/mol. The standard InChI is InChI=1S/C25H27Cl2F3N4O3S/c1-17-23(24(27)32(2)31-17)38(35,36)34-13-11-33(12-14-34)15-22(19-5-9-21(26)10-6-19)37-16-18-3-7-20(8-4-18)25(28,29)30/h3-10,22H,11-16H2,1-2H3/t22-/m1/s1. The van der Waals surface area contributed by atoms with E-state index in [0.29, 0.717) is 35.9 Å². The van der Waals surface area contributed by atoms with Crippen molar-refractivity contribution >= 4 is 33.2 Å². The summed E-state index contributed by atoms with van der Waals surface area (Å²) in [6, 6.07) is 12.0. The molecule has 1 atom stereocenters. The lowest BCUT2D eigenvalue weighted by molar-refractivity contribution is -0.137. The second kappa shape index (κ2) is 11.5. The molecule has 0 radical (unpaired) electrons. The summed E-state index contributed by atoms with van der Waals surface area (Å²) in [6.07, 6.45) is -4.81. The number of hydrogen-bond acceptors (Lipinski definition) is 5. The number of sulfonamides is 1. The number of aromatic nitrogens is 2. The smallest absolute Gasteiger partial charge is 0.368 e. The van der Waals surface area contributed by atoms with Gasteiger partial charge in [-0.2, -0.15) is 22.6 Å². The average molecular weight is 591 g/mol. The Morgan fingerprint density at radius 1 is 1.00 bits per heavy atom. The van der Waals surface area contributed by atoms with Gasteiger partial charge in [0, 0.05) is 44.8 Å². The lowest BCUT2D eigenvalue weighted by atomic mass is 10.1. The SMILES string of the molecule is Cc1nn(C)c(Cl)c1S(=O)(=O)N1CCN(C[C@@H](OCc2ccc(C(F)(F)F)cc2)c2ccc(Cl)cc2)CC1. The van der Waals surface area contributed by atoms with Crippen LogP contribution in [0.2, 0.25) is 10.2 Å². The number of benzene rings is 2. The quantitative estimate of drug-likeness (QED) is 0.355. The average Bonchev–Trinajstić information content (AvgIpc) is 3.13. The predicted octanol–water partition coefficient (Wildman–Crippen LogP) is 5.32. The number of aryl methyl sites for hydroxylation is 2. The molecule has 1 aromatic heterocycles. The second-order valence-corrected chi connectivity index (χ2v) is 11.7. The van der Waals surface area contributed by atoms with Gasteiger partial charge in [-0.05, 0) is 42.3 Å². The zero-order valence-corrected chi connectivity index (χ0v) is 23.1. The van der Waals surface area contributed by atoms with E-state index in [9.17, 15) is 21.6 Å². The molecule has 3 aromatic rings. The summed E-state index contributed by atoms with van der Waals surface area (Å²) in [5.41, 5.74) is 1.09. The van der Waals surface area contributed by atoms with Crippen molar-refractivity contribution in [3.8, 4) is 0 Å². The lowest BCUT2D eigenvalue weighted by Crippen LogP contribution is -2.49. The van der Waals surface area contributed by atoms with E-state index in [1.54, 1.807) is 26.1 Å². The van der Waals surface area contributed by atoms with Gasteiger partial charge in [0.25, 0.3) is 0 Å². The molecule has 206 valence electrons. The number of nitrogens with zero attached hydrogens (tertiary/aromatic N) is 4. The lowest BCUT2D eigenvalue weighted by Gasteiger charge is -2.35. The van der Waals surface area contributed by atoms with Gasteiger partial charge in [-0.3, -0.25) is 9.58 Å². The first-order valence-electron chi connectivity index (χ1n) is 11.8. The van der Waals surface area contributed by atoms with Crippen LogP contribution in [0.25, 0.3) is 0 Å². The van der Waals surface area contributed by atoms with Gasteiger partial charge >= 0.3 is 6.18 Å². The Kier molecular flexibility index (Phi) is 8.75. The number of ether oxygens (including phenoxy) is 1. The third-order valence-electron chi connectivity index (χ3n) is 6.43. The van der Waals surface area contributed by atoms with Crippen LogP contribution in [0.15, 0.2) is 53.4 Å². The van der Waals surface area contributed by atoms with Gasteiger partial charge in [0.2, 0.25) is 10.0 Å². The van der Waals surface area contributed by atoms with E-state index >= 15 is 0 Å². The minimum Gasteiger partial charge on any atom is -0.368 e. The normalized spacial score (nSPS) is 16.6. The molecule has 0 saturated carbocycles. The molecule has 0 bridgehead atoms. The molecule has 0 aliphatic carbocycles. The van der Waals surface area contributed by atoms with Crippen LogP contribution in [0.3, 0.4) is 0 Å². The van der Waals surface area contributed by atoms with Crippen molar-refractivity contribution in [2.75, 3.05) is 32.7 Å². The van der Waals surface area contributed by atoms with E-state index in [1.165, 1.54) is 21.1 Å². The first-order valence-corrected chi connectivity index (χ1v) is 14.0. The first kappa shape index (κ1) is 28.8. The van der Waals surface area contributed by atoms with Gasteiger partial charge < -0.3 is 4.74 Å². The van der Waals surface area contributed by atoms with E-state index in [-0.39, 0.29) is 29.7 Å². The van der Waals surface area contributed by atoms with Crippen molar-refractivity contribution in [1.29, 1.82) is 0 Å². The highest BCUT2D eigenvalue weighted by atomic mass is 35.5. The minimum atomic E-state index is -4.40. The Hall–Kier alpha value is -2.15. The fourth-order valence-electron chi connectivity index (χ4n) is 4.34. The van der Waals surface area contributed by atoms with E-state index < -0.39 is 27.9 Å². The Balaban J connectivity index is 1.43. The van der Waals surface area contributed by atoms with Crippen molar-refractivity contribution in [2.45, 2.75) is 30.7 Å². The molecule has 1 aliphatic rings. The van der Waals surface area contributed by atoms with Crippen molar-refractivity contribution in [2.24, 2.45) is 7.05 Å². The summed E-state index contributed by atoms with van der Waals surface area (Å²) in [5.74, 6) is 0. The van der Waals surface area contributed by atoms with Crippen LogP contribution in [0.1, 0.15) is 28.5 Å². The van der Waals surface area contributed by atoms with Crippen LogP contribution in [0.5, 0.6) is 0 Å². The topological polar surface area (TPSA) is 67.7 Å². The van der Waals surface area contributed by atoms with E-state index in [0.717, 1.165) is 17.7 Å². The fourth-order valence-corrected chi connectivity index (χ4v) is 6.59. The van der Waals surface area contributed by atoms with Crippen molar-refractivity contribution in [3.05, 3.63) is 81.1 Å². The van der Waals surface area contributed by atoms with Gasteiger partial charge in [0.1, 0.15) is 10.0 Å². The molecule has 38 heavy (non-hydrogen) atoms. The molecule has 1 saturated heterocycles. The highest BCUT2D eigenvalue weighted by Crippen LogP contribution is 2.31. The molecule has 4 rings (SSSR count). The van der Waals surface area contributed by atoms with Crippen molar-refractivity contribution in [3.63, 3.8) is 0 Å². The maximum atomic E-state index is 13.2. The minimum absolute atomic E-state index is 0.0223. The van der Waals surface area contributed by atoms with Gasteiger partial charge in [0.15, 0.2) is 0 Å². The molecule has 0 spiro atoms. The Morgan fingerprint density at radius 2 is 1.61 bits per heavy atom. The Labute approximate surface area is 229 Å². The summed E-state index contributed by atoms with van der Waals surface area (Å²) in [4.78, 5) is 2.12. The zero-order chi connectivity index (χ0) is 27.7. The molecule has 0 N–H and O–H groups in total. The largest absolute Gasteiger partial charge is 0.416 e. The predicted molar refractivity (Wildman–Crippen MR) is 139 cm³/mol. The van der Waals surface area contributed by atoms with Crippen molar-refractivity contribution < 1.29 is 26.3 Å². The molecule has 2 aromatic carbocycles. The van der Waals surface area contributed by atoms with Gasteiger partial charge in [-0.15, -0.1) is 0 Å². The maximum absolute atomic E-state index is 13.2. The van der Waals surface area contributed by atoms with Gasteiger partial charge in [-0.25, -0.2) is 8.42 Å². The number of rotatable bonds is 8. The van der Waals surface area contributed by atoms with Crippen LogP contribution < -0.4 is 0 Å². The van der Waals surface area contributed by atoms with Crippen LogP contribution in [-0.2, 0) is 34.6 Å². The van der Waals surface area contributed by atoms with E-state index in [1.807, 2.05) is 12.1 Å². The number of hydrogen-bond donors (Lipinski definition) is 0. The molecule has 2 heterocycles. The van der Waals surface area contributed by atoms with Gasteiger partial charge in [0.05, 0.1) is 24.0 Å². The van der Waals surface area contributed by atoms with Crippen LogP contribution in [-0.4, -0.2) is 60.1 Å². The Bertz CT molecular complexity index is 1360. The van der Waals surface area contributed by atoms with E-state index in [4.69, 9.17) is 27.9 Å². The molecule has 0 unspecified atom stereocenters. The third-order valence-corrected chi connectivity index (χ3v) is 9.27. The molecule has 1 fully saturated rings. The maximum Gasteiger partial charge on any atom is 0.416 e. The van der Waals surface area contributed by atoms with Crippen LogP contribution in [0.4, 0.5) is 13.2 Å². The zero-order valence-electron chi connectivity index (χ0n) is 20.8. The molecular formula is C25H27Cl2F3N4O3S. The molecule has 7 nitrogen and oxygen atoms in total.